The number of nitrogens with zero attached hydrogens (tertiary/aromatic N) is 1. The monoisotopic (exact) mass is 289 g/mol. The third-order valence-electron chi connectivity index (χ3n) is 3.92. The molecule has 1 saturated carbocycles. The molecule has 0 amide bonds. The van der Waals surface area contributed by atoms with E-state index in [1.165, 1.54) is 23.8 Å². The largest absolute Gasteiger partial charge is 0.236 e. The van der Waals surface area contributed by atoms with Crippen LogP contribution in [-0.4, -0.2) is 25.8 Å². The van der Waals surface area contributed by atoms with E-state index in [9.17, 15) is 8.42 Å². The summed E-state index contributed by atoms with van der Waals surface area (Å²) in [7, 11) is -3.28. The maximum Gasteiger partial charge on any atom is 0.236 e. The molecule has 0 spiro atoms. The van der Waals surface area contributed by atoms with Gasteiger partial charge in [-0.3, -0.25) is 0 Å². The molecule has 1 aliphatic heterocycles. The van der Waals surface area contributed by atoms with Crippen LogP contribution in [0.5, 0.6) is 0 Å². The summed E-state index contributed by atoms with van der Waals surface area (Å²) in [6, 6.07) is 9.53. The minimum absolute atomic E-state index is 0.625. The lowest BCUT2D eigenvalue weighted by Crippen LogP contribution is -2.35. The van der Waals surface area contributed by atoms with Gasteiger partial charge in [-0.2, -0.15) is 4.31 Å². The van der Waals surface area contributed by atoms with Crippen molar-refractivity contribution >= 4 is 16.1 Å². The zero-order valence-corrected chi connectivity index (χ0v) is 12.3. The van der Waals surface area contributed by atoms with Crippen LogP contribution < -0.4 is 0 Å². The van der Waals surface area contributed by atoms with Crippen molar-refractivity contribution in [2.24, 2.45) is 0 Å². The molecule has 1 aromatic rings. The molecule has 2 aliphatic rings. The zero-order valence-electron chi connectivity index (χ0n) is 11.5. The summed E-state index contributed by atoms with van der Waals surface area (Å²) in [6.07, 6.45) is 5.96. The predicted molar refractivity (Wildman–Crippen MR) is 81.5 cm³/mol. The first-order valence-corrected chi connectivity index (χ1v) is 8.58. The number of hydrogen-bond donors (Lipinski definition) is 0. The van der Waals surface area contributed by atoms with Gasteiger partial charge in [-0.25, -0.2) is 8.42 Å². The van der Waals surface area contributed by atoms with E-state index in [1.54, 1.807) is 16.0 Å². The Labute approximate surface area is 120 Å². The van der Waals surface area contributed by atoms with E-state index in [1.807, 2.05) is 30.3 Å². The highest BCUT2D eigenvalue weighted by atomic mass is 32.2. The van der Waals surface area contributed by atoms with Crippen LogP contribution in [0.25, 0.3) is 6.08 Å². The van der Waals surface area contributed by atoms with Crippen molar-refractivity contribution in [3.8, 4) is 0 Å². The fourth-order valence-corrected chi connectivity index (χ4v) is 3.79. The van der Waals surface area contributed by atoms with E-state index in [0.717, 1.165) is 18.4 Å². The van der Waals surface area contributed by atoms with E-state index in [2.05, 4.69) is 0 Å². The molecule has 0 unspecified atom stereocenters. The molecule has 1 aromatic carbocycles. The lowest BCUT2D eigenvalue weighted by Gasteiger charge is -2.26. The number of hydrogen-bond acceptors (Lipinski definition) is 2. The summed E-state index contributed by atoms with van der Waals surface area (Å²) >= 11 is 0. The molecule has 0 atom stereocenters. The van der Waals surface area contributed by atoms with E-state index in [4.69, 9.17) is 0 Å². The Kier molecular flexibility index (Phi) is 3.76. The summed E-state index contributed by atoms with van der Waals surface area (Å²) in [4.78, 5) is 0. The van der Waals surface area contributed by atoms with Crippen LogP contribution in [0.4, 0.5) is 0 Å². The SMILES string of the molecule is O=S(=O)(C=Cc1ccccc1)N1CCC(=C2CC2)CC1. The van der Waals surface area contributed by atoms with Crippen LogP contribution in [0.2, 0.25) is 0 Å². The van der Waals surface area contributed by atoms with Crippen molar-refractivity contribution in [3.05, 3.63) is 52.4 Å². The second kappa shape index (κ2) is 5.54. The van der Waals surface area contributed by atoms with Gasteiger partial charge in [-0.05, 0) is 37.3 Å². The summed E-state index contributed by atoms with van der Waals surface area (Å²) in [5.74, 6) is 0. The highest BCUT2D eigenvalue weighted by molar-refractivity contribution is 7.92. The molecule has 20 heavy (non-hydrogen) atoms. The van der Waals surface area contributed by atoms with Crippen LogP contribution in [0.3, 0.4) is 0 Å². The second-order valence-corrected chi connectivity index (χ2v) is 7.18. The van der Waals surface area contributed by atoms with Crippen molar-refractivity contribution in [1.29, 1.82) is 0 Å². The van der Waals surface area contributed by atoms with Crippen LogP contribution in [0.1, 0.15) is 31.2 Å². The van der Waals surface area contributed by atoms with E-state index >= 15 is 0 Å². The first kappa shape index (κ1) is 13.6. The molecular weight excluding hydrogens is 270 g/mol. The summed E-state index contributed by atoms with van der Waals surface area (Å²) in [5, 5.41) is 1.33. The third kappa shape index (κ3) is 3.19. The fraction of sp³-hybridized carbons (Fsp3) is 0.375. The van der Waals surface area contributed by atoms with E-state index in [-0.39, 0.29) is 0 Å². The summed E-state index contributed by atoms with van der Waals surface area (Å²) < 4.78 is 26.1. The van der Waals surface area contributed by atoms with Crippen LogP contribution in [-0.2, 0) is 10.0 Å². The zero-order chi connectivity index (χ0) is 14.0. The highest BCUT2D eigenvalue weighted by Crippen LogP contribution is 2.36. The molecule has 3 rings (SSSR count). The number of rotatable bonds is 3. The molecule has 1 heterocycles. The highest BCUT2D eigenvalue weighted by Gasteiger charge is 2.26. The predicted octanol–water partition coefficient (Wildman–Crippen LogP) is 3.17. The number of piperidine rings is 1. The van der Waals surface area contributed by atoms with Gasteiger partial charge >= 0.3 is 0 Å². The molecule has 2 fully saturated rings. The standard InChI is InChI=1S/C16H19NO2S/c18-20(19,13-10-14-4-2-1-3-5-14)17-11-8-16(9-12-17)15-6-7-15/h1-5,10,13H,6-9,11-12H2. The maximum absolute atomic E-state index is 12.3. The van der Waals surface area contributed by atoms with Gasteiger partial charge in [-0.1, -0.05) is 41.5 Å². The number of allylic oxidation sites excluding steroid dienone is 1. The lowest BCUT2D eigenvalue weighted by molar-refractivity contribution is 0.391. The Morgan fingerprint density at radius 1 is 0.900 bits per heavy atom. The molecule has 1 saturated heterocycles. The van der Waals surface area contributed by atoms with E-state index in [0.29, 0.717) is 13.1 Å². The smallest absolute Gasteiger partial charge is 0.208 e. The quantitative estimate of drug-likeness (QED) is 0.802. The van der Waals surface area contributed by atoms with Crippen molar-refractivity contribution in [2.75, 3.05) is 13.1 Å². The Balaban J connectivity index is 1.67. The summed E-state index contributed by atoms with van der Waals surface area (Å²) in [5.41, 5.74) is 3.99. The van der Waals surface area contributed by atoms with Crippen LogP contribution in [0.15, 0.2) is 46.9 Å². The third-order valence-corrected chi connectivity index (χ3v) is 5.48. The molecule has 0 aromatic heterocycles. The average molecular weight is 289 g/mol. The Morgan fingerprint density at radius 3 is 2.10 bits per heavy atom. The Bertz CT molecular complexity index is 628. The van der Waals surface area contributed by atoms with E-state index < -0.39 is 10.0 Å². The molecule has 0 N–H and O–H groups in total. The van der Waals surface area contributed by atoms with Gasteiger partial charge in [0.1, 0.15) is 0 Å². The van der Waals surface area contributed by atoms with Gasteiger partial charge in [0, 0.05) is 18.5 Å². The van der Waals surface area contributed by atoms with Gasteiger partial charge in [0.2, 0.25) is 10.0 Å². The number of sulfonamides is 1. The van der Waals surface area contributed by atoms with Crippen molar-refractivity contribution in [2.45, 2.75) is 25.7 Å². The molecular formula is C16H19NO2S. The normalized spacial score (nSPS) is 20.6. The second-order valence-electron chi connectivity index (χ2n) is 5.36. The Morgan fingerprint density at radius 2 is 1.50 bits per heavy atom. The van der Waals surface area contributed by atoms with Gasteiger partial charge < -0.3 is 0 Å². The number of benzene rings is 1. The fourth-order valence-electron chi connectivity index (χ4n) is 2.59. The van der Waals surface area contributed by atoms with Gasteiger partial charge in [0.15, 0.2) is 0 Å². The first-order chi connectivity index (χ1) is 9.65. The topological polar surface area (TPSA) is 37.4 Å². The molecule has 3 nitrogen and oxygen atoms in total. The molecule has 106 valence electrons. The van der Waals surface area contributed by atoms with Crippen molar-refractivity contribution < 1.29 is 8.42 Å². The maximum atomic E-state index is 12.3. The van der Waals surface area contributed by atoms with Crippen LogP contribution >= 0.6 is 0 Å². The minimum atomic E-state index is -3.28. The average Bonchev–Trinajstić information content (AvgIpc) is 3.31. The molecule has 0 radical (unpaired) electrons. The first-order valence-electron chi connectivity index (χ1n) is 7.08. The van der Waals surface area contributed by atoms with Crippen molar-refractivity contribution in [3.63, 3.8) is 0 Å². The van der Waals surface area contributed by atoms with Gasteiger partial charge in [-0.15, -0.1) is 0 Å². The lowest BCUT2D eigenvalue weighted by atomic mass is 10.1. The van der Waals surface area contributed by atoms with Gasteiger partial charge in [0.05, 0.1) is 0 Å². The van der Waals surface area contributed by atoms with Gasteiger partial charge in [0.25, 0.3) is 0 Å². The van der Waals surface area contributed by atoms with Crippen LogP contribution in [0, 0.1) is 0 Å². The minimum Gasteiger partial charge on any atom is -0.208 e. The van der Waals surface area contributed by atoms with Crippen molar-refractivity contribution in [1.82, 2.24) is 4.31 Å². The molecule has 4 heteroatoms. The molecule has 0 bridgehead atoms. The summed E-state index contributed by atoms with van der Waals surface area (Å²) in [6.45, 7) is 1.25. The Hall–Kier alpha value is -1.39. The molecule has 1 aliphatic carbocycles.